The third-order valence-corrected chi connectivity index (χ3v) is 7.20. The van der Waals surface area contributed by atoms with Gasteiger partial charge in [0.25, 0.3) is 0 Å². The fourth-order valence-electron chi connectivity index (χ4n) is 3.84. The standard InChI is InChI=1S/C21H25NO3S/c23-26(24)12-8-16(15-26)7-11-25-21-4-3-19-13-18(1-2-20(19)14-21)17-5-9-22-10-6-17/h1-5,13-14,16,22H,6-12,15H2. The van der Waals surface area contributed by atoms with Gasteiger partial charge in [0.2, 0.25) is 0 Å². The normalized spacial score (nSPS) is 22.3. The lowest BCUT2D eigenvalue weighted by atomic mass is 9.97. The van der Waals surface area contributed by atoms with Crippen LogP contribution >= 0.6 is 0 Å². The van der Waals surface area contributed by atoms with Crippen molar-refractivity contribution in [2.45, 2.75) is 19.3 Å². The molecule has 0 saturated carbocycles. The van der Waals surface area contributed by atoms with Crippen molar-refractivity contribution in [3.8, 4) is 5.75 Å². The third-order valence-electron chi connectivity index (χ3n) is 5.37. The number of benzene rings is 2. The first-order valence-electron chi connectivity index (χ1n) is 9.36. The van der Waals surface area contributed by atoms with E-state index in [9.17, 15) is 8.42 Å². The minimum atomic E-state index is -2.80. The van der Waals surface area contributed by atoms with E-state index < -0.39 is 9.84 Å². The molecule has 0 spiro atoms. The van der Waals surface area contributed by atoms with Gasteiger partial charge in [-0.1, -0.05) is 24.3 Å². The Morgan fingerprint density at radius 3 is 2.73 bits per heavy atom. The summed E-state index contributed by atoms with van der Waals surface area (Å²) >= 11 is 0. The predicted molar refractivity (Wildman–Crippen MR) is 106 cm³/mol. The maximum atomic E-state index is 11.5. The van der Waals surface area contributed by atoms with Crippen molar-refractivity contribution >= 4 is 26.2 Å². The van der Waals surface area contributed by atoms with Gasteiger partial charge in [0.1, 0.15) is 5.75 Å². The first kappa shape index (κ1) is 17.6. The van der Waals surface area contributed by atoms with Crippen LogP contribution in [0.4, 0.5) is 0 Å². The molecule has 0 radical (unpaired) electrons. The van der Waals surface area contributed by atoms with E-state index in [1.165, 1.54) is 21.9 Å². The minimum absolute atomic E-state index is 0.251. The highest BCUT2D eigenvalue weighted by molar-refractivity contribution is 7.91. The van der Waals surface area contributed by atoms with Gasteiger partial charge in [0.05, 0.1) is 18.1 Å². The molecule has 1 atom stereocenters. The molecular weight excluding hydrogens is 346 g/mol. The Hall–Kier alpha value is -1.85. The molecule has 2 aromatic carbocycles. The second-order valence-electron chi connectivity index (χ2n) is 7.31. The van der Waals surface area contributed by atoms with Crippen LogP contribution in [0, 0.1) is 5.92 Å². The predicted octanol–water partition coefficient (Wildman–Crippen LogP) is 3.42. The highest BCUT2D eigenvalue weighted by Gasteiger charge is 2.27. The number of hydrogen-bond donors (Lipinski definition) is 1. The van der Waals surface area contributed by atoms with Gasteiger partial charge in [-0.05, 0) is 71.8 Å². The Bertz CT molecular complexity index is 933. The van der Waals surface area contributed by atoms with E-state index in [1.54, 1.807) is 0 Å². The summed E-state index contributed by atoms with van der Waals surface area (Å²) in [6.45, 7) is 2.56. The van der Waals surface area contributed by atoms with E-state index in [-0.39, 0.29) is 5.92 Å². The summed E-state index contributed by atoms with van der Waals surface area (Å²) in [4.78, 5) is 0. The van der Waals surface area contributed by atoms with Crippen LogP contribution in [0.3, 0.4) is 0 Å². The first-order valence-corrected chi connectivity index (χ1v) is 11.2. The summed E-state index contributed by atoms with van der Waals surface area (Å²) in [7, 11) is -2.80. The largest absolute Gasteiger partial charge is 0.494 e. The zero-order valence-electron chi connectivity index (χ0n) is 14.9. The molecule has 4 nitrogen and oxygen atoms in total. The molecule has 0 aliphatic carbocycles. The van der Waals surface area contributed by atoms with E-state index in [4.69, 9.17) is 4.74 Å². The molecule has 138 valence electrons. The molecule has 0 amide bonds. The van der Waals surface area contributed by atoms with Crippen LogP contribution in [0.15, 0.2) is 42.5 Å². The van der Waals surface area contributed by atoms with Crippen molar-refractivity contribution in [2.24, 2.45) is 5.92 Å². The quantitative estimate of drug-likeness (QED) is 0.875. The van der Waals surface area contributed by atoms with Crippen molar-refractivity contribution < 1.29 is 13.2 Å². The molecule has 2 aromatic rings. The summed E-state index contributed by atoms with van der Waals surface area (Å²) in [6.07, 6.45) is 4.92. The summed E-state index contributed by atoms with van der Waals surface area (Å²) in [5.41, 5.74) is 2.72. The third kappa shape index (κ3) is 4.10. The van der Waals surface area contributed by atoms with Crippen molar-refractivity contribution in [2.75, 3.05) is 31.2 Å². The van der Waals surface area contributed by atoms with Crippen LogP contribution in [0.25, 0.3) is 16.3 Å². The maximum Gasteiger partial charge on any atom is 0.150 e. The highest BCUT2D eigenvalue weighted by Crippen LogP contribution is 2.27. The summed E-state index contributed by atoms with van der Waals surface area (Å²) in [5.74, 6) is 1.76. The van der Waals surface area contributed by atoms with Gasteiger partial charge in [-0.15, -0.1) is 0 Å². The highest BCUT2D eigenvalue weighted by atomic mass is 32.2. The maximum absolute atomic E-state index is 11.5. The zero-order valence-corrected chi connectivity index (χ0v) is 15.7. The number of ether oxygens (including phenoxy) is 1. The summed E-state index contributed by atoms with van der Waals surface area (Å²) in [6, 6.07) is 12.8. The fourth-order valence-corrected chi connectivity index (χ4v) is 5.75. The van der Waals surface area contributed by atoms with Gasteiger partial charge < -0.3 is 10.1 Å². The number of hydrogen-bond acceptors (Lipinski definition) is 4. The second-order valence-corrected chi connectivity index (χ2v) is 9.54. The van der Waals surface area contributed by atoms with Gasteiger partial charge in [-0.2, -0.15) is 0 Å². The summed E-state index contributed by atoms with van der Waals surface area (Å²) in [5, 5.41) is 5.74. The molecule has 1 unspecified atom stereocenters. The van der Waals surface area contributed by atoms with Crippen molar-refractivity contribution in [3.63, 3.8) is 0 Å². The molecular formula is C21H25NO3S. The molecule has 4 rings (SSSR count). The molecule has 1 fully saturated rings. The Morgan fingerprint density at radius 1 is 1.12 bits per heavy atom. The lowest BCUT2D eigenvalue weighted by Crippen LogP contribution is -2.19. The molecule has 1 N–H and O–H groups in total. The Kier molecular flexibility index (Phi) is 5.00. The van der Waals surface area contributed by atoms with Crippen LogP contribution in [-0.4, -0.2) is 39.6 Å². The molecule has 2 heterocycles. The van der Waals surface area contributed by atoms with Crippen LogP contribution in [-0.2, 0) is 9.84 Å². The van der Waals surface area contributed by atoms with E-state index >= 15 is 0 Å². The smallest absolute Gasteiger partial charge is 0.150 e. The Labute approximate surface area is 155 Å². The van der Waals surface area contributed by atoms with E-state index in [2.05, 4.69) is 41.7 Å². The number of sulfone groups is 1. The van der Waals surface area contributed by atoms with Crippen LogP contribution in [0.2, 0.25) is 0 Å². The van der Waals surface area contributed by atoms with Gasteiger partial charge in [-0.3, -0.25) is 0 Å². The Balaban J connectivity index is 1.40. The van der Waals surface area contributed by atoms with Gasteiger partial charge >= 0.3 is 0 Å². The Morgan fingerprint density at radius 2 is 1.96 bits per heavy atom. The first-order chi connectivity index (χ1) is 12.6. The number of nitrogens with one attached hydrogen (secondary N) is 1. The van der Waals surface area contributed by atoms with Gasteiger partial charge in [0, 0.05) is 6.54 Å². The molecule has 1 saturated heterocycles. The van der Waals surface area contributed by atoms with E-state index in [0.717, 1.165) is 38.1 Å². The molecule has 0 aromatic heterocycles. The van der Waals surface area contributed by atoms with Gasteiger partial charge in [-0.25, -0.2) is 8.42 Å². The van der Waals surface area contributed by atoms with Crippen LogP contribution in [0.5, 0.6) is 5.75 Å². The average Bonchev–Trinajstić information content (AvgIpc) is 3.01. The van der Waals surface area contributed by atoms with Gasteiger partial charge in [0.15, 0.2) is 9.84 Å². The van der Waals surface area contributed by atoms with Crippen LogP contribution < -0.4 is 10.1 Å². The zero-order chi connectivity index (χ0) is 18.0. The monoisotopic (exact) mass is 371 g/mol. The molecule has 2 aliphatic heterocycles. The van der Waals surface area contributed by atoms with E-state index in [0.29, 0.717) is 18.1 Å². The topological polar surface area (TPSA) is 55.4 Å². The SMILES string of the molecule is O=S1(=O)CCC(CCOc2ccc3cc(C4=CCNCC4)ccc3c2)C1. The average molecular weight is 372 g/mol. The van der Waals surface area contributed by atoms with Crippen molar-refractivity contribution in [1.29, 1.82) is 0 Å². The summed E-state index contributed by atoms with van der Waals surface area (Å²) < 4.78 is 28.9. The van der Waals surface area contributed by atoms with Crippen LogP contribution in [0.1, 0.15) is 24.8 Å². The minimum Gasteiger partial charge on any atom is -0.494 e. The van der Waals surface area contributed by atoms with E-state index in [1.807, 2.05) is 6.07 Å². The van der Waals surface area contributed by atoms with Crippen molar-refractivity contribution in [1.82, 2.24) is 5.32 Å². The number of fused-ring (bicyclic) bond motifs is 1. The fraction of sp³-hybridized carbons (Fsp3) is 0.429. The van der Waals surface area contributed by atoms with Crippen molar-refractivity contribution in [3.05, 3.63) is 48.0 Å². The number of rotatable bonds is 5. The molecule has 0 bridgehead atoms. The second kappa shape index (κ2) is 7.41. The molecule has 2 aliphatic rings. The lowest BCUT2D eigenvalue weighted by molar-refractivity contribution is 0.286. The molecule has 26 heavy (non-hydrogen) atoms. The lowest BCUT2D eigenvalue weighted by Gasteiger charge is -2.15. The molecule has 5 heteroatoms.